The van der Waals surface area contributed by atoms with E-state index in [9.17, 15) is 0 Å². The maximum Gasteiger partial charge on any atom is 0.101 e. The molecule has 0 aliphatic heterocycles. The van der Waals surface area contributed by atoms with Crippen molar-refractivity contribution in [1.29, 1.82) is 0 Å². The quantitative estimate of drug-likeness (QED) is 0.551. The molecule has 1 aliphatic carbocycles. The van der Waals surface area contributed by atoms with E-state index in [4.69, 9.17) is 10.1 Å². The average molecular weight is 200 g/mol. The van der Waals surface area contributed by atoms with E-state index in [2.05, 4.69) is 20.8 Å². The van der Waals surface area contributed by atoms with Gasteiger partial charge in [0.2, 0.25) is 0 Å². The monoisotopic (exact) mass is 200 g/mol. The summed E-state index contributed by atoms with van der Waals surface area (Å²) in [5, 5.41) is 9.05. The highest BCUT2D eigenvalue weighted by Crippen LogP contribution is 2.42. The predicted octanol–water partition coefficient (Wildman–Crippen LogP) is 3.86. The Labute approximate surface area is 87.6 Å². The van der Waals surface area contributed by atoms with Crippen molar-refractivity contribution in [3.63, 3.8) is 0 Å². The topological polar surface area (TPSA) is 29.5 Å². The van der Waals surface area contributed by atoms with Gasteiger partial charge in [-0.2, -0.15) is 0 Å². The molecule has 1 fully saturated rings. The van der Waals surface area contributed by atoms with E-state index in [1.807, 2.05) is 0 Å². The predicted molar refractivity (Wildman–Crippen MR) is 58.1 cm³/mol. The minimum absolute atomic E-state index is 0.0211. The maximum absolute atomic E-state index is 9.05. The molecule has 1 saturated carbocycles. The molecule has 1 rings (SSSR count). The Hall–Kier alpha value is -0.0800. The third-order valence-electron chi connectivity index (χ3n) is 3.96. The van der Waals surface area contributed by atoms with Gasteiger partial charge in [0.1, 0.15) is 6.10 Å². The highest BCUT2D eigenvalue weighted by Gasteiger charge is 2.39. The van der Waals surface area contributed by atoms with E-state index in [0.29, 0.717) is 5.92 Å². The van der Waals surface area contributed by atoms with Gasteiger partial charge in [-0.05, 0) is 24.2 Å². The smallest absolute Gasteiger partial charge is 0.101 e. The number of hydrogen-bond donors (Lipinski definition) is 1. The average Bonchev–Trinajstić information content (AvgIpc) is 2.19. The second-order valence-corrected chi connectivity index (χ2v) is 5.13. The fourth-order valence-corrected chi connectivity index (χ4v) is 2.78. The van der Waals surface area contributed by atoms with E-state index < -0.39 is 0 Å². The third kappa shape index (κ3) is 2.48. The van der Waals surface area contributed by atoms with Crippen molar-refractivity contribution in [3.05, 3.63) is 0 Å². The molecule has 0 heterocycles. The first-order valence-corrected chi connectivity index (χ1v) is 5.94. The summed E-state index contributed by atoms with van der Waals surface area (Å²) in [6, 6.07) is 0. The molecule has 0 aromatic heterocycles. The molecule has 0 bridgehead atoms. The van der Waals surface area contributed by atoms with Gasteiger partial charge in [0, 0.05) is 0 Å². The highest BCUT2D eigenvalue weighted by atomic mass is 17.1. The maximum atomic E-state index is 9.05. The van der Waals surface area contributed by atoms with Gasteiger partial charge >= 0.3 is 0 Å². The summed E-state index contributed by atoms with van der Waals surface area (Å²) < 4.78 is 0. The van der Waals surface area contributed by atoms with Crippen LogP contribution in [-0.2, 0) is 4.89 Å². The summed E-state index contributed by atoms with van der Waals surface area (Å²) in [6.45, 7) is 6.59. The van der Waals surface area contributed by atoms with Crippen LogP contribution in [-0.4, -0.2) is 11.4 Å². The molecule has 2 atom stereocenters. The Balaban J connectivity index is 2.65. The van der Waals surface area contributed by atoms with Crippen LogP contribution in [0.2, 0.25) is 0 Å². The lowest BCUT2D eigenvalue weighted by atomic mass is 9.68. The van der Waals surface area contributed by atoms with Crippen LogP contribution in [0.5, 0.6) is 0 Å². The Kier molecular flexibility index (Phi) is 4.39. The van der Waals surface area contributed by atoms with Crippen molar-refractivity contribution in [1.82, 2.24) is 0 Å². The molecular weight excluding hydrogens is 176 g/mol. The van der Waals surface area contributed by atoms with Crippen LogP contribution in [0.4, 0.5) is 0 Å². The molecule has 84 valence electrons. The standard InChI is InChI=1S/C12H24O2/c1-4-10(2)11(14-13)12(3)8-6-5-7-9-12/h10-11,13H,4-9H2,1-3H3. The normalized spacial score (nSPS) is 25.7. The molecule has 2 unspecified atom stereocenters. The van der Waals surface area contributed by atoms with E-state index in [1.54, 1.807) is 0 Å². The van der Waals surface area contributed by atoms with Gasteiger partial charge in [-0.1, -0.05) is 46.5 Å². The Bertz CT molecular complexity index is 162. The molecule has 0 saturated heterocycles. The molecule has 1 aliphatic rings. The summed E-state index contributed by atoms with van der Waals surface area (Å²) >= 11 is 0. The van der Waals surface area contributed by atoms with Crippen molar-refractivity contribution in [2.45, 2.75) is 65.4 Å². The second-order valence-electron chi connectivity index (χ2n) is 5.13. The van der Waals surface area contributed by atoms with Gasteiger partial charge in [0.15, 0.2) is 0 Å². The van der Waals surface area contributed by atoms with Crippen LogP contribution in [0, 0.1) is 11.3 Å². The van der Waals surface area contributed by atoms with Gasteiger partial charge in [0.25, 0.3) is 0 Å². The number of hydrogen-bond acceptors (Lipinski definition) is 2. The van der Waals surface area contributed by atoms with Crippen LogP contribution in [0.3, 0.4) is 0 Å². The zero-order valence-corrected chi connectivity index (χ0v) is 9.75. The fourth-order valence-electron chi connectivity index (χ4n) is 2.78. The summed E-state index contributed by atoms with van der Waals surface area (Å²) in [6.07, 6.45) is 7.40. The van der Waals surface area contributed by atoms with E-state index in [-0.39, 0.29) is 11.5 Å². The largest absolute Gasteiger partial charge is 0.252 e. The van der Waals surface area contributed by atoms with Gasteiger partial charge in [-0.15, -0.1) is 0 Å². The first-order chi connectivity index (χ1) is 6.64. The molecule has 14 heavy (non-hydrogen) atoms. The van der Waals surface area contributed by atoms with Crippen molar-refractivity contribution >= 4 is 0 Å². The Morgan fingerprint density at radius 2 is 1.86 bits per heavy atom. The van der Waals surface area contributed by atoms with Crippen molar-refractivity contribution in [2.24, 2.45) is 11.3 Å². The van der Waals surface area contributed by atoms with Crippen LogP contribution >= 0.6 is 0 Å². The summed E-state index contributed by atoms with van der Waals surface area (Å²) in [5.74, 6) is 0.447. The summed E-state index contributed by atoms with van der Waals surface area (Å²) in [7, 11) is 0. The zero-order valence-electron chi connectivity index (χ0n) is 9.75. The van der Waals surface area contributed by atoms with Crippen molar-refractivity contribution < 1.29 is 10.1 Å². The van der Waals surface area contributed by atoms with Gasteiger partial charge in [-0.3, -0.25) is 5.26 Å². The molecule has 0 radical (unpaired) electrons. The van der Waals surface area contributed by atoms with Crippen LogP contribution in [0.1, 0.15) is 59.3 Å². The summed E-state index contributed by atoms with van der Waals surface area (Å²) in [5.41, 5.74) is 0.197. The van der Waals surface area contributed by atoms with E-state index in [1.165, 1.54) is 32.1 Å². The van der Waals surface area contributed by atoms with Crippen molar-refractivity contribution in [2.75, 3.05) is 0 Å². The minimum atomic E-state index is 0.0211. The first-order valence-electron chi connectivity index (χ1n) is 5.94. The van der Waals surface area contributed by atoms with Crippen LogP contribution in [0.25, 0.3) is 0 Å². The van der Waals surface area contributed by atoms with E-state index in [0.717, 1.165) is 6.42 Å². The van der Waals surface area contributed by atoms with Crippen LogP contribution < -0.4 is 0 Å². The molecule has 0 aromatic carbocycles. The highest BCUT2D eigenvalue weighted by molar-refractivity contribution is 4.88. The van der Waals surface area contributed by atoms with Gasteiger partial charge in [0.05, 0.1) is 0 Å². The molecule has 2 nitrogen and oxygen atoms in total. The second kappa shape index (κ2) is 5.13. The fraction of sp³-hybridized carbons (Fsp3) is 1.00. The molecule has 0 spiro atoms. The first kappa shape index (κ1) is 12.0. The lowest BCUT2D eigenvalue weighted by Gasteiger charge is -2.41. The third-order valence-corrected chi connectivity index (χ3v) is 3.96. The number of rotatable bonds is 4. The van der Waals surface area contributed by atoms with Gasteiger partial charge < -0.3 is 0 Å². The minimum Gasteiger partial charge on any atom is -0.252 e. The Morgan fingerprint density at radius 3 is 2.29 bits per heavy atom. The van der Waals surface area contributed by atoms with E-state index >= 15 is 0 Å². The lowest BCUT2D eigenvalue weighted by molar-refractivity contribution is -0.317. The SMILES string of the molecule is CCC(C)C(OO)C1(C)CCCCC1. The van der Waals surface area contributed by atoms with Gasteiger partial charge in [-0.25, -0.2) is 4.89 Å². The zero-order chi connectivity index (χ0) is 10.6. The lowest BCUT2D eigenvalue weighted by Crippen LogP contribution is -2.40. The van der Waals surface area contributed by atoms with Crippen LogP contribution in [0.15, 0.2) is 0 Å². The summed E-state index contributed by atoms with van der Waals surface area (Å²) in [4.78, 5) is 4.75. The molecule has 1 N–H and O–H groups in total. The molecule has 0 aromatic rings. The molecule has 0 amide bonds. The molecule has 2 heteroatoms. The molecular formula is C12H24O2. The van der Waals surface area contributed by atoms with Crippen molar-refractivity contribution in [3.8, 4) is 0 Å². The Morgan fingerprint density at radius 1 is 1.29 bits per heavy atom.